The predicted molar refractivity (Wildman–Crippen MR) is 81.8 cm³/mol. The molecule has 108 valence electrons. The maximum Gasteiger partial charge on any atom is 0.132 e. The second-order valence-electron chi connectivity index (χ2n) is 5.51. The quantitative estimate of drug-likeness (QED) is 0.630. The van der Waals surface area contributed by atoms with Crippen LogP contribution in [0.5, 0.6) is 0 Å². The number of nitrogens with one attached hydrogen (secondary N) is 3. The van der Waals surface area contributed by atoms with Gasteiger partial charge in [0.1, 0.15) is 17.5 Å². The number of rotatable bonds is 8. The van der Waals surface area contributed by atoms with Crippen molar-refractivity contribution in [3.63, 3.8) is 0 Å². The van der Waals surface area contributed by atoms with E-state index in [1.807, 2.05) is 20.0 Å². The monoisotopic (exact) mass is 265 g/mol. The highest BCUT2D eigenvalue weighted by Gasteiger charge is 2.17. The van der Waals surface area contributed by atoms with Crippen molar-refractivity contribution in [3.05, 3.63) is 11.9 Å². The number of hydrogen-bond donors (Lipinski definition) is 3. The van der Waals surface area contributed by atoms with Gasteiger partial charge in [0, 0.05) is 24.7 Å². The van der Waals surface area contributed by atoms with Gasteiger partial charge in [-0.3, -0.25) is 0 Å². The molecule has 0 aliphatic carbocycles. The van der Waals surface area contributed by atoms with E-state index in [0.29, 0.717) is 0 Å². The minimum Gasteiger partial charge on any atom is -0.370 e. The van der Waals surface area contributed by atoms with Gasteiger partial charge in [0.05, 0.1) is 0 Å². The van der Waals surface area contributed by atoms with E-state index < -0.39 is 0 Å². The van der Waals surface area contributed by atoms with Crippen molar-refractivity contribution in [1.29, 1.82) is 0 Å². The summed E-state index contributed by atoms with van der Waals surface area (Å²) in [5, 5.41) is 9.95. The van der Waals surface area contributed by atoms with Crippen molar-refractivity contribution in [2.75, 3.05) is 30.8 Å². The van der Waals surface area contributed by atoms with Gasteiger partial charge in [0.15, 0.2) is 0 Å². The van der Waals surface area contributed by atoms with Crippen molar-refractivity contribution in [1.82, 2.24) is 15.3 Å². The molecule has 1 aromatic rings. The summed E-state index contributed by atoms with van der Waals surface area (Å²) >= 11 is 0. The Morgan fingerprint density at radius 2 is 1.89 bits per heavy atom. The van der Waals surface area contributed by atoms with Crippen molar-refractivity contribution >= 4 is 11.6 Å². The van der Waals surface area contributed by atoms with Gasteiger partial charge in [-0.05, 0) is 34.2 Å². The summed E-state index contributed by atoms with van der Waals surface area (Å²) < 4.78 is 0. The predicted octanol–water partition coefficient (Wildman–Crippen LogP) is 2.41. The second-order valence-corrected chi connectivity index (χ2v) is 5.51. The molecule has 0 bridgehead atoms. The van der Waals surface area contributed by atoms with Gasteiger partial charge in [-0.2, -0.15) is 0 Å². The molecule has 0 unspecified atom stereocenters. The topological polar surface area (TPSA) is 61.9 Å². The zero-order valence-corrected chi connectivity index (χ0v) is 12.8. The van der Waals surface area contributed by atoms with Gasteiger partial charge in [-0.15, -0.1) is 0 Å². The van der Waals surface area contributed by atoms with Crippen LogP contribution in [0, 0.1) is 6.92 Å². The molecule has 0 spiro atoms. The molecule has 19 heavy (non-hydrogen) atoms. The molecule has 0 amide bonds. The van der Waals surface area contributed by atoms with Crippen molar-refractivity contribution < 1.29 is 0 Å². The molecule has 0 radical (unpaired) electrons. The zero-order chi connectivity index (χ0) is 14.3. The summed E-state index contributed by atoms with van der Waals surface area (Å²) in [6, 6.07) is 1.97. The number of nitrogens with zero attached hydrogens (tertiary/aromatic N) is 2. The van der Waals surface area contributed by atoms with E-state index in [1.54, 1.807) is 0 Å². The third kappa shape index (κ3) is 5.87. The Morgan fingerprint density at radius 1 is 1.21 bits per heavy atom. The summed E-state index contributed by atoms with van der Waals surface area (Å²) in [6.45, 7) is 10.2. The van der Waals surface area contributed by atoms with Gasteiger partial charge >= 0.3 is 0 Å². The Hall–Kier alpha value is -1.36. The SMILES string of the molecule is CCCCNc1cc(NC(C)(C)CNC)nc(C)n1. The molecule has 0 saturated carbocycles. The zero-order valence-electron chi connectivity index (χ0n) is 12.8. The Labute approximate surface area is 116 Å². The van der Waals surface area contributed by atoms with Crippen LogP contribution in [-0.2, 0) is 0 Å². The molecular weight excluding hydrogens is 238 g/mol. The lowest BCUT2D eigenvalue weighted by Crippen LogP contribution is -2.41. The highest BCUT2D eigenvalue weighted by atomic mass is 15.1. The van der Waals surface area contributed by atoms with Crippen LogP contribution in [0.1, 0.15) is 39.4 Å². The van der Waals surface area contributed by atoms with E-state index in [2.05, 4.69) is 46.7 Å². The van der Waals surface area contributed by atoms with Crippen LogP contribution < -0.4 is 16.0 Å². The minimum absolute atomic E-state index is 0.0454. The molecule has 5 heteroatoms. The first-order valence-electron chi connectivity index (χ1n) is 6.99. The van der Waals surface area contributed by atoms with Crippen molar-refractivity contribution in [3.8, 4) is 0 Å². The number of aryl methyl sites for hydroxylation is 1. The molecule has 1 rings (SSSR count). The molecule has 1 aromatic heterocycles. The van der Waals surface area contributed by atoms with Crippen LogP contribution in [0.3, 0.4) is 0 Å². The van der Waals surface area contributed by atoms with Crippen LogP contribution in [0.2, 0.25) is 0 Å². The van der Waals surface area contributed by atoms with E-state index >= 15 is 0 Å². The normalized spacial score (nSPS) is 11.4. The van der Waals surface area contributed by atoms with Crippen molar-refractivity contribution in [2.45, 2.75) is 46.1 Å². The standard InChI is InChI=1S/C14H27N5/c1-6-7-8-16-12-9-13(18-11(2)17-12)19-14(3,4)10-15-5/h9,15H,6-8,10H2,1-5H3,(H2,16,17,18,19). The van der Waals surface area contributed by atoms with Gasteiger partial charge in [-0.1, -0.05) is 13.3 Å². The summed E-state index contributed by atoms with van der Waals surface area (Å²) in [7, 11) is 1.95. The first-order valence-corrected chi connectivity index (χ1v) is 6.99. The molecule has 0 aromatic carbocycles. The van der Waals surface area contributed by atoms with Crippen LogP contribution in [0.4, 0.5) is 11.6 Å². The number of aromatic nitrogens is 2. The molecule has 0 aliphatic rings. The number of anilines is 2. The first-order chi connectivity index (χ1) is 8.96. The third-order valence-electron chi connectivity index (χ3n) is 2.76. The Morgan fingerprint density at radius 3 is 2.53 bits per heavy atom. The van der Waals surface area contributed by atoms with Crippen LogP contribution in [0.25, 0.3) is 0 Å². The average molecular weight is 265 g/mol. The Kier molecular flexibility index (Phi) is 6.02. The van der Waals surface area contributed by atoms with Crippen molar-refractivity contribution in [2.24, 2.45) is 0 Å². The molecule has 0 fully saturated rings. The Balaban J connectivity index is 2.73. The van der Waals surface area contributed by atoms with Crippen LogP contribution in [-0.4, -0.2) is 35.6 Å². The molecule has 0 saturated heterocycles. The summed E-state index contributed by atoms with van der Waals surface area (Å²) in [4.78, 5) is 8.84. The van der Waals surface area contributed by atoms with E-state index in [0.717, 1.165) is 37.0 Å². The van der Waals surface area contributed by atoms with Gasteiger partial charge in [0.25, 0.3) is 0 Å². The maximum atomic E-state index is 4.44. The highest BCUT2D eigenvalue weighted by Crippen LogP contribution is 2.16. The van der Waals surface area contributed by atoms with Gasteiger partial charge in [0.2, 0.25) is 0 Å². The van der Waals surface area contributed by atoms with Crippen LogP contribution >= 0.6 is 0 Å². The summed E-state index contributed by atoms with van der Waals surface area (Å²) in [6.07, 6.45) is 2.33. The molecule has 5 nitrogen and oxygen atoms in total. The summed E-state index contributed by atoms with van der Waals surface area (Å²) in [5.74, 6) is 2.54. The summed E-state index contributed by atoms with van der Waals surface area (Å²) in [5.41, 5.74) is -0.0454. The third-order valence-corrected chi connectivity index (χ3v) is 2.76. The number of hydrogen-bond acceptors (Lipinski definition) is 5. The second kappa shape index (κ2) is 7.28. The lowest BCUT2D eigenvalue weighted by molar-refractivity contribution is 0.528. The maximum absolute atomic E-state index is 4.44. The fraction of sp³-hybridized carbons (Fsp3) is 0.714. The van der Waals surface area contributed by atoms with Gasteiger partial charge < -0.3 is 16.0 Å². The molecular formula is C14H27N5. The first kappa shape index (κ1) is 15.7. The Bertz CT molecular complexity index is 389. The molecule has 0 atom stereocenters. The molecule has 1 heterocycles. The minimum atomic E-state index is -0.0454. The lowest BCUT2D eigenvalue weighted by atomic mass is 10.1. The van der Waals surface area contributed by atoms with Gasteiger partial charge in [-0.25, -0.2) is 9.97 Å². The molecule has 3 N–H and O–H groups in total. The lowest BCUT2D eigenvalue weighted by Gasteiger charge is -2.26. The van der Waals surface area contributed by atoms with E-state index in [4.69, 9.17) is 0 Å². The largest absolute Gasteiger partial charge is 0.370 e. The van der Waals surface area contributed by atoms with E-state index in [1.165, 1.54) is 6.42 Å². The average Bonchev–Trinajstić information content (AvgIpc) is 2.27. The molecule has 0 aliphatic heterocycles. The van der Waals surface area contributed by atoms with E-state index in [-0.39, 0.29) is 5.54 Å². The smallest absolute Gasteiger partial charge is 0.132 e. The number of unbranched alkanes of at least 4 members (excludes halogenated alkanes) is 1. The van der Waals surface area contributed by atoms with E-state index in [9.17, 15) is 0 Å². The fourth-order valence-electron chi connectivity index (χ4n) is 1.95. The highest BCUT2D eigenvalue weighted by molar-refractivity contribution is 5.48. The fourth-order valence-corrected chi connectivity index (χ4v) is 1.95. The number of likely N-dealkylation sites (N-methyl/N-ethyl adjacent to an activating group) is 1. The van der Waals surface area contributed by atoms with Crippen LogP contribution in [0.15, 0.2) is 6.07 Å².